The van der Waals surface area contributed by atoms with E-state index in [4.69, 9.17) is 19.9 Å². The fraction of sp³-hybridized carbons (Fsp3) is 0.556. The van der Waals surface area contributed by atoms with E-state index in [-0.39, 0.29) is 11.9 Å². The van der Waals surface area contributed by atoms with Crippen LogP contribution < -0.4 is 15.8 Å². The van der Waals surface area contributed by atoms with Gasteiger partial charge in [0.2, 0.25) is 11.8 Å². The summed E-state index contributed by atoms with van der Waals surface area (Å²) in [4.78, 5) is 24.3. The Morgan fingerprint density at radius 3 is 2.52 bits per heavy atom. The van der Waals surface area contributed by atoms with E-state index in [1.54, 1.807) is 31.4 Å². The molecule has 2 rings (SSSR count). The lowest BCUT2D eigenvalue weighted by Crippen LogP contribution is -2.44. The molecule has 1 atom stereocenters. The number of ether oxygens (including phenoxy) is 3. The van der Waals surface area contributed by atoms with Crippen LogP contribution in [0, 0.1) is 0 Å². The monoisotopic (exact) mass is 350 g/mol. The second-order valence-electron chi connectivity index (χ2n) is 5.99. The lowest BCUT2D eigenvalue weighted by atomic mass is 9.96. The second-order valence-corrected chi connectivity index (χ2v) is 5.99. The van der Waals surface area contributed by atoms with E-state index in [0.717, 1.165) is 19.3 Å². The summed E-state index contributed by atoms with van der Waals surface area (Å²) in [5.41, 5.74) is 6.01. The number of hydrogen-bond donors (Lipinski definition) is 2. The van der Waals surface area contributed by atoms with Crippen molar-refractivity contribution >= 4 is 11.8 Å². The zero-order valence-electron chi connectivity index (χ0n) is 14.5. The highest BCUT2D eigenvalue weighted by molar-refractivity contribution is 6.05. The van der Waals surface area contributed by atoms with Crippen LogP contribution in [0.2, 0.25) is 0 Å². The molecule has 25 heavy (non-hydrogen) atoms. The highest BCUT2D eigenvalue weighted by Gasteiger charge is 2.28. The fourth-order valence-corrected chi connectivity index (χ4v) is 2.72. The number of nitrogens with one attached hydrogen (secondary N) is 1. The minimum Gasteiger partial charge on any atom is -0.494 e. The smallest absolute Gasteiger partial charge is 0.237 e. The summed E-state index contributed by atoms with van der Waals surface area (Å²) >= 11 is 0. The van der Waals surface area contributed by atoms with Crippen LogP contribution >= 0.6 is 0 Å². The van der Waals surface area contributed by atoms with Gasteiger partial charge in [0.05, 0.1) is 6.61 Å². The Hall–Kier alpha value is -2.12. The normalized spacial score (nSPS) is 16.2. The van der Waals surface area contributed by atoms with E-state index in [1.807, 2.05) is 0 Å². The number of carbonyl (C=O) groups is 2. The van der Waals surface area contributed by atoms with Gasteiger partial charge in [-0.15, -0.1) is 0 Å². The molecule has 1 fully saturated rings. The molecule has 1 aromatic carbocycles. The Morgan fingerprint density at radius 2 is 1.92 bits per heavy atom. The van der Waals surface area contributed by atoms with Gasteiger partial charge in [0.15, 0.2) is 0 Å². The number of carbonyl (C=O) groups excluding carboxylic acids is 2. The number of hydrogen-bond acceptors (Lipinski definition) is 5. The van der Waals surface area contributed by atoms with Crippen LogP contribution in [0.15, 0.2) is 24.3 Å². The maximum Gasteiger partial charge on any atom is 0.237 e. The third-order valence-electron chi connectivity index (χ3n) is 4.09. The molecule has 7 heteroatoms. The van der Waals surface area contributed by atoms with Crippen LogP contribution in [0.25, 0.3) is 0 Å². The van der Waals surface area contributed by atoms with Crippen molar-refractivity contribution in [2.45, 2.75) is 31.2 Å². The first-order valence-electron chi connectivity index (χ1n) is 8.51. The number of benzene rings is 1. The quantitative estimate of drug-likeness (QED) is 0.510. The Kier molecular flexibility index (Phi) is 7.69. The standard InChI is InChI=1S/C18H26N2O5/c1-23-9-2-10-25-15-5-3-13(4-6-15)16(17(19)21)18(22)20-14-7-11-24-12-8-14/h3-6,14,16H,2,7-12H2,1H3,(H2,19,21)(H,20,22)/t16-/m0/s1. The molecule has 0 radical (unpaired) electrons. The third kappa shape index (κ3) is 6.03. The zero-order chi connectivity index (χ0) is 18.1. The summed E-state index contributed by atoms with van der Waals surface area (Å²) in [6, 6.07) is 6.89. The summed E-state index contributed by atoms with van der Waals surface area (Å²) in [5.74, 6) is -1.37. The zero-order valence-corrected chi connectivity index (χ0v) is 14.5. The molecule has 0 aromatic heterocycles. The number of amides is 2. The Balaban J connectivity index is 1.96. The Morgan fingerprint density at radius 1 is 1.24 bits per heavy atom. The van der Waals surface area contributed by atoms with E-state index >= 15 is 0 Å². The molecule has 7 nitrogen and oxygen atoms in total. The van der Waals surface area contributed by atoms with Crippen LogP contribution in [0.1, 0.15) is 30.7 Å². The van der Waals surface area contributed by atoms with Gasteiger partial charge in [0.1, 0.15) is 11.7 Å². The molecule has 3 N–H and O–H groups in total. The molecule has 2 amide bonds. The maximum absolute atomic E-state index is 12.5. The van der Waals surface area contributed by atoms with E-state index in [0.29, 0.717) is 37.7 Å². The summed E-state index contributed by atoms with van der Waals surface area (Å²) in [7, 11) is 1.64. The number of rotatable bonds is 9. The fourth-order valence-electron chi connectivity index (χ4n) is 2.72. The van der Waals surface area contributed by atoms with Crippen molar-refractivity contribution in [2.24, 2.45) is 5.73 Å². The highest BCUT2D eigenvalue weighted by atomic mass is 16.5. The summed E-state index contributed by atoms with van der Waals surface area (Å²) < 4.78 is 15.8. The van der Waals surface area contributed by atoms with Gasteiger partial charge in [0.25, 0.3) is 0 Å². The molecule has 0 unspecified atom stereocenters. The van der Waals surface area contributed by atoms with Crippen LogP contribution in [0.3, 0.4) is 0 Å². The van der Waals surface area contributed by atoms with E-state index < -0.39 is 11.8 Å². The molecule has 1 saturated heterocycles. The Bertz CT molecular complexity index is 555. The van der Waals surface area contributed by atoms with Crippen molar-refractivity contribution in [3.05, 3.63) is 29.8 Å². The SMILES string of the molecule is COCCCOc1ccc([C@@H](C(N)=O)C(=O)NC2CCOCC2)cc1. The van der Waals surface area contributed by atoms with E-state index in [1.165, 1.54) is 0 Å². The largest absolute Gasteiger partial charge is 0.494 e. The lowest BCUT2D eigenvalue weighted by Gasteiger charge is -2.25. The first-order valence-corrected chi connectivity index (χ1v) is 8.51. The molecule has 1 aliphatic rings. The molecule has 1 heterocycles. The molecule has 0 saturated carbocycles. The molecule has 0 aliphatic carbocycles. The summed E-state index contributed by atoms with van der Waals surface area (Å²) in [6.07, 6.45) is 2.27. The molecular formula is C18H26N2O5. The van der Waals surface area contributed by atoms with Gasteiger partial charge in [-0.25, -0.2) is 0 Å². The number of methoxy groups -OCH3 is 1. The third-order valence-corrected chi connectivity index (χ3v) is 4.09. The average molecular weight is 350 g/mol. The van der Waals surface area contributed by atoms with Gasteiger partial charge in [-0.2, -0.15) is 0 Å². The molecule has 138 valence electrons. The summed E-state index contributed by atoms with van der Waals surface area (Å²) in [6.45, 7) is 2.40. The first kappa shape index (κ1) is 19.2. The predicted octanol–water partition coefficient (Wildman–Crippen LogP) is 0.966. The topological polar surface area (TPSA) is 99.9 Å². The average Bonchev–Trinajstić information content (AvgIpc) is 2.61. The van der Waals surface area contributed by atoms with Crippen LogP contribution in [0.4, 0.5) is 0 Å². The molecular weight excluding hydrogens is 324 g/mol. The van der Waals surface area contributed by atoms with E-state index in [9.17, 15) is 9.59 Å². The maximum atomic E-state index is 12.5. The van der Waals surface area contributed by atoms with Crippen molar-refractivity contribution in [1.82, 2.24) is 5.32 Å². The van der Waals surface area contributed by atoms with Gasteiger partial charge in [-0.1, -0.05) is 12.1 Å². The van der Waals surface area contributed by atoms with Gasteiger partial charge < -0.3 is 25.3 Å². The van der Waals surface area contributed by atoms with E-state index in [2.05, 4.69) is 5.32 Å². The number of primary amides is 1. The molecule has 1 aliphatic heterocycles. The minimum absolute atomic E-state index is 0.0199. The number of nitrogens with two attached hydrogens (primary N) is 1. The highest BCUT2D eigenvalue weighted by Crippen LogP contribution is 2.21. The first-order chi connectivity index (χ1) is 12.1. The van der Waals surface area contributed by atoms with Gasteiger partial charge in [-0.3, -0.25) is 9.59 Å². The van der Waals surface area contributed by atoms with Crippen LogP contribution in [-0.2, 0) is 19.1 Å². The molecule has 0 bridgehead atoms. The van der Waals surface area contributed by atoms with Gasteiger partial charge in [0, 0.05) is 39.4 Å². The summed E-state index contributed by atoms with van der Waals surface area (Å²) in [5, 5.41) is 2.90. The van der Waals surface area contributed by atoms with Crippen molar-refractivity contribution in [3.63, 3.8) is 0 Å². The van der Waals surface area contributed by atoms with Crippen molar-refractivity contribution in [3.8, 4) is 5.75 Å². The second kappa shape index (κ2) is 10.0. The van der Waals surface area contributed by atoms with Crippen molar-refractivity contribution < 1.29 is 23.8 Å². The van der Waals surface area contributed by atoms with Gasteiger partial charge in [-0.05, 0) is 30.5 Å². The minimum atomic E-state index is -1.01. The van der Waals surface area contributed by atoms with Crippen molar-refractivity contribution in [2.75, 3.05) is 33.5 Å². The van der Waals surface area contributed by atoms with Crippen molar-refractivity contribution in [1.29, 1.82) is 0 Å². The Labute approximate surface area is 147 Å². The predicted molar refractivity (Wildman–Crippen MR) is 92.3 cm³/mol. The lowest BCUT2D eigenvalue weighted by molar-refractivity contribution is -0.130. The van der Waals surface area contributed by atoms with Crippen LogP contribution in [0.5, 0.6) is 5.75 Å². The van der Waals surface area contributed by atoms with Gasteiger partial charge >= 0.3 is 0 Å². The molecule has 1 aromatic rings. The molecule has 0 spiro atoms. The van der Waals surface area contributed by atoms with Crippen LogP contribution in [-0.4, -0.2) is 51.4 Å².